The summed E-state index contributed by atoms with van der Waals surface area (Å²) >= 11 is 13.0. The summed E-state index contributed by atoms with van der Waals surface area (Å²) in [6.45, 7) is 0. The Balaban J connectivity index is 2.98. The van der Waals surface area contributed by atoms with Crippen LogP contribution in [0.3, 0.4) is 0 Å². The zero-order valence-electron chi connectivity index (χ0n) is 7.72. The topological polar surface area (TPSA) is 17.1 Å². The van der Waals surface area contributed by atoms with Crippen LogP contribution in [0.15, 0.2) is 23.1 Å². The summed E-state index contributed by atoms with van der Waals surface area (Å²) in [4.78, 5) is 12.2. The first-order valence-electron chi connectivity index (χ1n) is 4.08. The van der Waals surface area contributed by atoms with Gasteiger partial charge in [-0.3, -0.25) is 4.79 Å². The first-order valence-corrected chi connectivity index (χ1v) is 6.21. The van der Waals surface area contributed by atoms with Gasteiger partial charge in [-0.2, -0.15) is 0 Å². The number of hydrogen-bond donors (Lipinski definition) is 0. The number of alkyl halides is 1. The summed E-state index contributed by atoms with van der Waals surface area (Å²) in [6, 6.07) is 5.62. The number of halogens is 2. The van der Waals surface area contributed by atoms with E-state index in [1.807, 2.05) is 18.4 Å². The molecule has 0 bridgehead atoms. The van der Waals surface area contributed by atoms with E-state index in [9.17, 15) is 4.79 Å². The van der Waals surface area contributed by atoms with Crippen LogP contribution in [0.25, 0.3) is 0 Å². The summed E-state index contributed by atoms with van der Waals surface area (Å²) in [5.74, 6) is 0.0362. The molecule has 0 heterocycles. The minimum atomic E-state index is -0.00457. The molecule has 1 nitrogen and oxygen atoms in total. The number of thioether (sulfide) groups is 1. The second-order valence-electron chi connectivity index (χ2n) is 2.77. The van der Waals surface area contributed by atoms with Crippen LogP contribution in [0.2, 0.25) is 5.02 Å². The van der Waals surface area contributed by atoms with Gasteiger partial charge in [0.25, 0.3) is 0 Å². The Labute approximate surface area is 97.8 Å². The van der Waals surface area contributed by atoms with Crippen LogP contribution >= 0.6 is 35.0 Å². The first kappa shape index (κ1) is 11.9. The number of carbonyl (C=O) groups is 1. The minimum absolute atomic E-state index is 0.00457. The van der Waals surface area contributed by atoms with Crippen molar-refractivity contribution in [1.29, 1.82) is 0 Å². The molecule has 0 aliphatic rings. The number of benzene rings is 1. The molecule has 0 radical (unpaired) electrons. The highest BCUT2D eigenvalue weighted by Crippen LogP contribution is 2.27. The summed E-state index contributed by atoms with van der Waals surface area (Å²) in [5.41, 5.74) is 0.882. The lowest BCUT2D eigenvalue weighted by atomic mass is 10.1. The van der Waals surface area contributed by atoms with Crippen molar-refractivity contribution in [2.75, 3.05) is 12.1 Å². The molecule has 0 spiro atoms. The van der Waals surface area contributed by atoms with E-state index in [1.165, 1.54) is 0 Å². The van der Waals surface area contributed by atoms with Gasteiger partial charge in [-0.25, -0.2) is 0 Å². The molecular formula is C10H10Cl2OS. The Morgan fingerprint density at radius 1 is 1.50 bits per heavy atom. The molecule has 1 rings (SSSR count). The highest BCUT2D eigenvalue weighted by atomic mass is 35.5. The zero-order chi connectivity index (χ0) is 10.6. The van der Waals surface area contributed by atoms with Gasteiger partial charge in [-0.05, 0) is 24.0 Å². The third kappa shape index (κ3) is 2.91. The zero-order valence-corrected chi connectivity index (χ0v) is 10.0. The van der Waals surface area contributed by atoms with Crippen LogP contribution in [0.5, 0.6) is 0 Å². The van der Waals surface area contributed by atoms with Gasteiger partial charge in [0.05, 0.1) is 5.88 Å². The fraction of sp³-hybridized carbons (Fsp3) is 0.300. The van der Waals surface area contributed by atoms with Gasteiger partial charge in [-0.15, -0.1) is 23.4 Å². The SMILES string of the molecule is CSc1cccc(Cl)c1CC(=O)CCl. The van der Waals surface area contributed by atoms with Gasteiger partial charge in [0.15, 0.2) is 5.78 Å². The van der Waals surface area contributed by atoms with E-state index in [0.29, 0.717) is 11.4 Å². The molecule has 0 saturated carbocycles. The molecule has 1 aromatic carbocycles. The normalized spacial score (nSPS) is 10.2. The van der Waals surface area contributed by atoms with Crippen LogP contribution in [-0.4, -0.2) is 17.9 Å². The van der Waals surface area contributed by atoms with Gasteiger partial charge in [0.2, 0.25) is 0 Å². The van der Waals surface area contributed by atoms with E-state index in [0.717, 1.165) is 10.5 Å². The molecule has 0 N–H and O–H groups in total. The van der Waals surface area contributed by atoms with Crippen molar-refractivity contribution >= 4 is 40.7 Å². The predicted molar refractivity (Wildman–Crippen MR) is 62.7 cm³/mol. The average molecular weight is 249 g/mol. The Morgan fingerprint density at radius 2 is 2.21 bits per heavy atom. The molecular weight excluding hydrogens is 239 g/mol. The largest absolute Gasteiger partial charge is 0.298 e. The second kappa shape index (κ2) is 5.64. The van der Waals surface area contributed by atoms with Gasteiger partial charge in [-0.1, -0.05) is 17.7 Å². The van der Waals surface area contributed by atoms with Crippen molar-refractivity contribution in [3.8, 4) is 0 Å². The van der Waals surface area contributed by atoms with Crippen LogP contribution < -0.4 is 0 Å². The van der Waals surface area contributed by atoms with Crippen LogP contribution in [0, 0.1) is 0 Å². The molecule has 0 aliphatic carbocycles. The fourth-order valence-electron chi connectivity index (χ4n) is 1.15. The number of hydrogen-bond acceptors (Lipinski definition) is 2. The molecule has 0 amide bonds. The number of Topliss-reactive ketones (excluding diaryl/α,β-unsaturated/α-hetero) is 1. The maximum absolute atomic E-state index is 11.2. The molecule has 0 aliphatic heterocycles. The molecule has 1 aromatic rings. The molecule has 14 heavy (non-hydrogen) atoms. The highest BCUT2D eigenvalue weighted by Gasteiger charge is 2.10. The number of ketones is 1. The van der Waals surface area contributed by atoms with Gasteiger partial charge < -0.3 is 0 Å². The number of carbonyl (C=O) groups excluding carboxylic acids is 1. The molecule has 0 saturated heterocycles. The predicted octanol–water partition coefficient (Wildman–Crippen LogP) is 3.41. The van der Waals surface area contributed by atoms with Gasteiger partial charge >= 0.3 is 0 Å². The summed E-state index contributed by atoms with van der Waals surface area (Å²) in [5, 5.41) is 0.635. The second-order valence-corrected chi connectivity index (χ2v) is 4.29. The smallest absolute Gasteiger partial charge is 0.152 e. The lowest BCUT2D eigenvalue weighted by Crippen LogP contribution is -2.05. The first-order chi connectivity index (χ1) is 6.69. The third-order valence-electron chi connectivity index (χ3n) is 1.82. The maximum atomic E-state index is 11.2. The summed E-state index contributed by atoms with van der Waals surface area (Å²) < 4.78 is 0. The van der Waals surface area contributed by atoms with Crippen LogP contribution in [-0.2, 0) is 11.2 Å². The van der Waals surface area contributed by atoms with E-state index in [1.54, 1.807) is 17.8 Å². The standard InChI is InChI=1S/C10H10Cl2OS/c1-14-10-4-2-3-9(12)8(10)5-7(13)6-11/h2-4H,5-6H2,1H3. The van der Waals surface area contributed by atoms with E-state index >= 15 is 0 Å². The monoisotopic (exact) mass is 248 g/mol. The lowest BCUT2D eigenvalue weighted by Gasteiger charge is -2.07. The van der Waals surface area contributed by atoms with Crippen LogP contribution in [0.4, 0.5) is 0 Å². The molecule has 0 aromatic heterocycles. The number of rotatable bonds is 4. The van der Waals surface area contributed by atoms with Gasteiger partial charge in [0, 0.05) is 16.3 Å². The highest BCUT2D eigenvalue weighted by molar-refractivity contribution is 7.98. The van der Waals surface area contributed by atoms with Crippen molar-refractivity contribution in [3.63, 3.8) is 0 Å². The molecule has 76 valence electrons. The van der Waals surface area contributed by atoms with Gasteiger partial charge in [0.1, 0.15) is 0 Å². The van der Waals surface area contributed by atoms with E-state index in [4.69, 9.17) is 23.2 Å². The Hall–Kier alpha value is -0.180. The van der Waals surface area contributed by atoms with Crippen LogP contribution in [0.1, 0.15) is 5.56 Å². The van der Waals surface area contributed by atoms with Crippen molar-refractivity contribution < 1.29 is 4.79 Å². The Kier molecular flexibility index (Phi) is 4.79. The Morgan fingerprint density at radius 3 is 2.79 bits per heavy atom. The van der Waals surface area contributed by atoms with Crippen molar-refractivity contribution in [2.24, 2.45) is 0 Å². The van der Waals surface area contributed by atoms with E-state index < -0.39 is 0 Å². The molecule has 0 fully saturated rings. The third-order valence-corrected chi connectivity index (χ3v) is 3.29. The quantitative estimate of drug-likeness (QED) is 0.600. The summed E-state index contributed by atoms with van der Waals surface area (Å²) in [7, 11) is 0. The maximum Gasteiger partial charge on any atom is 0.152 e. The average Bonchev–Trinajstić information content (AvgIpc) is 2.20. The van der Waals surface area contributed by atoms with Crippen molar-refractivity contribution in [2.45, 2.75) is 11.3 Å². The lowest BCUT2D eigenvalue weighted by molar-refractivity contribution is -0.116. The van der Waals surface area contributed by atoms with Crippen molar-refractivity contribution in [1.82, 2.24) is 0 Å². The molecule has 0 unspecified atom stereocenters. The summed E-state index contributed by atoms with van der Waals surface area (Å²) in [6.07, 6.45) is 2.28. The molecule has 0 atom stereocenters. The molecule has 4 heteroatoms. The fourth-order valence-corrected chi connectivity index (χ4v) is 2.18. The Bertz CT molecular complexity index is 339. The minimum Gasteiger partial charge on any atom is -0.298 e. The van der Waals surface area contributed by atoms with E-state index in [2.05, 4.69) is 0 Å². The van der Waals surface area contributed by atoms with E-state index in [-0.39, 0.29) is 11.7 Å². The van der Waals surface area contributed by atoms with Crippen molar-refractivity contribution in [3.05, 3.63) is 28.8 Å².